The second kappa shape index (κ2) is 7.00. The van der Waals surface area contributed by atoms with Crippen molar-refractivity contribution in [3.05, 3.63) is 35.1 Å². The van der Waals surface area contributed by atoms with Crippen molar-refractivity contribution in [3.8, 4) is 17.0 Å². The van der Waals surface area contributed by atoms with Crippen molar-refractivity contribution in [2.45, 2.75) is 38.1 Å². The number of methoxy groups -OCH3 is 1. The molecule has 0 atom stereocenters. The van der Waals surface area contributed by atoms with Crippen molar-refractivity contribution in [2.75, 3.05) is 12.4 Å². The summed E-state index contributed by atoms with van der Waals surface area (Å²) in [4.78, 5) is 8.94. The van der Waals surface area contributed by atoms with E-state index in [0.29, 0.717) is 11.8 Å². The highest BCUT2D eigenvalue weighted by Gasteiger charge is 2.17. The fourth-order valence-corrected chi connectivity index (χ4v) is 3.75. The Morgan fingerprint density at radius 3 is 2.84 bits per heavy atom. The van der Waals surface area contributed by atoms with E-state index in [-0.39, 0.29) is 0 Å². The second-order valence-electron chi connectivity index (χ2n) is 6.32. The Labute approximate surface area is 154 Å². The average molecular weight is 402 g/mol. The number of benzene rings is 1. The third-order valence-corrected chi connectivity index (χ3v) is 5.14. The van der Waals surface area contributed by atoms with E-state index in [1.807, 2.05) is 24.3 Å². The molecule has 1 aliphatic carbocycles. The van der Waals surface area contributed by atoms with Gasteiger partial charge in [-0.2, -0.15) is 14.6 Å². The molecular weight excluding hydrogens is 382 g/mol. The van der Waals surface area contributed by atoms with Gasteiger partial charge in [-0.3, -0.25) is 0 Å². The molecule has 1 saturated carbocycles. The van der Waals surface area contributed by atoms with E-state index >= 15 is 0 Å². The Hall–Kier alpha value is -2.15. The number of anilines is 1. The maximum absolute atomic E-state index is 5.51. The van der Waals surface area contributed by atoms with Crippen LogP contribution in [0.15, 0.2) is 35.1 Å². The molecule has 2 aromatic heterocycles. The summed E-state index contributed by atoms with van der Waals surface area (Å²) in [6.45, 7) is 0. The van der Waals surface area contributed by atoms with Crippen molar-refractivity contribution in [1.29, 1.82) is 0 Å². The van der Waals surface area contributed by atoms with Crippen molar-refractivity contribution in [2.24, 2.45) is 0 Å². The number of rotatable bonds is 4. The summed E-state index contributed by atoms with van der Waals surface area (Å²) in [5, 5.41) is 7.96. The zero-order valence-electron chi connectivity index (χ0n) is 14.1. The first-order valence-corrected chi connectivity index (χ1v) is 9.35. The Morgan fingerprint density at radius 2 is 2.04 bits per heavy atom. The minimum atomic E-state index is 0.473. The number of aromatic nitrogens is 4. The van der Waals surface area contributed by atoms with Gasteiger partial charge < -0.3 is 10.1 Å². The SMILES string of the molecule is COc1ccc(Br)cc1-c1cc(NC2CCCCC2)n2ncnc2n1. The average Bonchev–Trinajstić information content (AvgIpc) is 3.11. The molecule has 0 amide bonds. The van der Waals surface area contributed by atoms with E-state index in [2.05, 4.69) is 36.3 Å². The minimum Gasteiger partial charge on any atom is -0.496 e. The Kier molecular flexibility index (Phi) is 4.57. The summed E-state index contributed by atoms with van der Waals surface area (Å²) in [6, 6.07) is 8.40. The maximum atomic E-state index is 5.51. The van der Waals surface area contributed by atoms with Gasteiger partial charge >= 0.3 is 0 Å². The first kappa shape index (κ1) is 16.3. The zero-order chi connectivity index (χ0) is 17.2. The van der Waals surface area contributed by atoms with Crippen molar-refractivity contribution < 1.29 is 4.74 Å². The van der Waals surface area contributed by atoms with Crippen LogP contribution in [-0.4, -0.2) is 32.7 Å². The lowest BCUT2D eigenvalue weighted by atomic mass is 9.95. The fraction of sp³-hybridized carbons (Fsp3) is 0.389. The first-order chi connectivity index (χ1) is 12.2. The summed E-state index contributed by atoms with van der Waals surface area (Å²) in [7, 11) is 1.67. The Morgan fingerprint density at radius 1 is 1.20 bits per heavy atom. The minimum absolute atomic E-state index is 0.473. The molecule has 0 unspecified atom stereocenters. The molecule has 3 aromatic rings. The van der Waals surface area contributed by atoms with Gasteiger partial charge in [0.15, 0.2) is 0 Å². The number of nitrogens with zero attached hydrogens (tertiary/aromatic N) is 4. The van der Waals surface area contributed by atoms with Gasteiger partial charge in [0, 0.05) is 22.1 Å². The number of halogens is 1. The van der Waals surface area contributed by atoms with Gasteiger partial charge in [0.05, 0.1) is 12.8 Å². The lowest BCUT2D eigenvalue weighted by molar-refractivity contribution is 0.416. The fourth-order valence-electron chi connectivity index (χ4n) is 3.39. The van der Waals surface area contributed by atoms with Crippen molar-refractivity contribution >= 4 is 27.5 Å². The van der Waals surface area contributed by atoms with E-state index in [9.17, 15) is 0 Å². The van der Waals surface area contributed by atoms with E-state index < -0.39 is 0 Å². The van der Waals surface area contributed by atoms with Gasteiger partial charge in [-0.05, 0) is 31.0 Å². The van der Waals surface area contributed by atoms with Crippen LogP contribution in [0.25, 0.3) is 17.0 Å². The van der Waals surface area contributed by atoms with Crippen LogP contribution >= 0.6 is 15.9 Å². The molecule has 130 valence electrons. The monoisotopic (exact) mass is 401 g/mol. The predicted octanol–water partition coefficient (Wildman–Crippen LogP) is 4.31. The molecule has 4 rings (SSSR count). The number of fused-ring (bicyclic) bond motifs is 1. The summed E-state index contributed by atoms with van der Waals surface area (Å²) in [5.74, 6) is 2.28. The molecule has 1 fully saturated rings. The van der Waals surface area contributed by atoms with Crippen LogP contribution in [0, 0.1) is 0 Å². The molecule has 6 nitrogen and oxygen atoms in total. The van der Waals surface area contributed by atoms with Gasteiger partial charge in [-0.25, -0.2) is 4.98 Å². The van der Waals surface area contributed by atoms with E-state index in [0.717, 1.165) is 27.3 Å². The van der Waals surface area contributed by atoms with Gasteiger partial charge in [0.25, 0.3) is 5.78 Å². The highest BCUT2D eigenvalue weighted by Crippen LogP contribution is 2.33. The molecule has 1 N–H and O–H groups in total. The number of hydrogen-bond donors (Lipinski definition) is 1. The van der Waals surface area contributed by atoms with Crippen molar-refractivity contribution in [3.63, 3.8) is 0 Å². The Bertz CT molecular complexity index is 888. The van der Waals surface area contributed by atoms with Crippen LogP contribution < -0.4 is 10.1 Å². The molecule has 7 heteroatoms. The lowest BCUT2D eigenvalue weighted by Crippen LogP contribution is -2.24. The normalized spacial score (nSPS) is 15.4. The molecule has 0 bridgehead atoms. The molecule has 2 heterocycles. The van der Waals surface area contributed by atoms with Gasteiger partial charge in [0.2, 0.25) is 0 Å². The van der Waals surface area contributed by atoms with Crippen LogP contribution in [0.3, 0.4) is 0 Å². The summed E-state index contributed by atoms with van der Waals surface area (Å²) in [5.41, 5.74) is 1.74. The summed E-state index contributed by atoms with van der Waals surface area (Å²) in [6.07, 6.45) is 7.79. The molecule has 1 aromatic carbocycles. The van der Waals surface area contributed by atoms with E-state index in [4.69, 9.17) is 4.74 Å². The quantitative estimate of drug-likeness (QED) is 0.705. The van der Waals surface area contributed by atoms with Gasteiger partial charge in [-0.15, -0.1) is 0 Å². The van der Waals surface area contributed by atoms with Crippen LogP contribution in [0.4, 0.5) is 5.82 Å². The molecule has 1 aliphatic rings. The smallest absolute Gasteiger partial charge is 0.254 e. The molecule has 0 aliphatic heterocycles. The highest BCUT2D eigenvalue weighted by molar-refractivity contribution is 9.10. The van der Waals surface area contributed by atoms with Crippen LogP contribution in [0.1, 0.15) is 32.1 Å². The number of hydrogen-bond acceptors (Lipinski definition) is 5. The molecular formula is C18H20BrN5O. The molecule has 25 heavy (non-hydrogen) atoms. The van der Waals surface area contributed by atoms with Crippen molar-refractivity contribution in [1.82, 2.24) is 19.6 Å². The topological polar surface area (TPSA) is 64.3 Å². The first-order valence-electron chi connectivity index (χ1n) is 8.56. The molecule has 0 saturated heterocycles. The van der Waals surface area contributed by atoms with Crippen LogP contribution in [0.2, 0.25) is 0 Å². The van der Waals surface area contributed by atoms with E-state index in [1.165, 1.54) is 38.4 Å². The predicted molar refractivity (Wildman–Crippen MR) is 101 cm³/mol. The summed E-state index contributed by atoms with van der Waals surface area (Å²) < 4.78 is 8.26. The second-order valence-corrected chi connectivity index (χ2v) is 7.24. The molecule has 0 spiro atoms. The summed E-state index contributed by atoms with van der Waals surface area (Å²) >= 11 is 3.53. The molecule has 0 radical (unpaired) electrons. The van der Waals surface area contributed by atoms with Gasteiger partial charge in [0.1, 0.15) is 17.9 Å². The van der Waals surface area contributed by atoms with Crippen LogP contribution in [0.5, 0.6) is 5.75 Å². The van der Waals surface area contributed by atoms with Crippen LogP contribution in [-0.2, 0) is 0 Å². The Balaban J connectivity index is 1.79. The third-order valence-electron chi connectivity index (χ3n) is 4.65. The largest absolute Gasteiger partial charge is 0.496 e. The van der Waals surface area contributed by atoms with E-state index in [1.54, 1.807) is 11.6 Å². The maximum Gasteiger partial charge on any atom is 0.254 e. The third kappa shape index (κ3) is 3.33. The zero-order valence-corrected chi connectivity index (χ0v) is 15.7. The number of ether oxygens (including phenoxy) is 1. The van der Waals surface area contributed by atoms with Gasteiger partial charge in [-0.1, -0.05) is 35.2 Å². The standard InChI is InChI=1S/C18H20BrN5O/c1-25-16-8-7-12(19)9-14(16)15-10-17(22-13-5-3-2-4-6-13)24-18(23-15)20-11-21-24/h7-11,13,22H,2-6H2,1H3. The lowest BCUT2D eigenvalue weighted by Gasteiger charge is -2.24. The highest BCUT2D eigenvalue weighted by atomic mass is 79.9. The number of nitrogens with one attached hydrogen (secondary N) is 1.